The molecule has 0 amide bonds. The minimum absolute atomic E-state index is 0.669. The van der Waals surface area contributed by atoms with Crippen LogP contribution in [0.15, 0.2) is 24.3 Å². The lowest BCUT2D eigenvalue weighted by atomic mass is 9.89. The Hall–Kier alpha value is -0.490. The van der Waals surface area contributed by atoms with Gasteiger partial charge in [-0.2, -0.15) is 0 Å². The molecule has 1 atom stereocenters. The molecular formula is C16H23Cl. The van der Waals surface area contributed by atoms with Crippen molar-refractivity contribution in [1.29, 1.82) is 0 Å². The second-order valence-corrected chi connectivity index (χ2v) is 5.90. The fraction of sp³-hybridized carbons (Fsp3) is 0.625. The molecule has 0 bridgehead atoms. The smallest absolute Gasteiger partial charge is 0.0255 e. The summed E-state index contributed by atoms with van der Waals surface area (Å²) in [6.45, 7) is 2.14. The Bertz CT molecular complexity index is 322. The highest BCUT2D eigenvalue weighted by Crippen LogP contribution is 2.31. The summed E-state index contributed by atoms with van der Waals surface area (Å²) in [7, 11) is 0. The third-order valence-corrected chi connectivity index (χ3v) is 4.44. The average molecular weight is 251 g/mol. The molecule has 0 saturated heterocycles. The molecule has 0 aromatic heterocycles. The predicted octanol–water partition coefficient (Wildman–Crippen LogP) is 4.97. The van der Waals surface area contributed by atoms with Gasteiger partial charge < -0.3 is 0 Å². The van der Waals surface area contributed by atoms with Crippen LogP contribution in [0, 0.1) is 18.8 Å². The van der Waals surface area contributed by atoms with E-state index < -0.39 is 0 Å². The zero-order chi connectivity index (χ0) is 12.1. The van der Waals surface area contributed by atoms with Gasteiger partial charge in [0.2, 0.25) is 0 Å². The lowest BCUT2D eigenvalue weighted by molar-refractivity contribution is 0.399. The maximum Gasteiger partial charge on any atom is 0.0255 e. The summed E-state index contributed by atoms with van der Waals surface area (Å²) in [6.07, 6.45) is 8.22. The minimum atomic E-state index is 0.669. The lowest BCUT2D eigenvalue weighted by Crippen LogP contribution is -2.11. The number of halogens is 1. The normalized spacial score (nSPS) is 18.5. The van der Waals surface area contributed by atoms with Crippen molar-refractivity contribution < 1.29 is 0 Å². The molecule has 0 radical (unpaired) electrons. The molecule has 1 aliphatic carbocycles. The molecule has 0 heterocycles. The van der Waals surface area contributed by atoms with Gasteiger partial charge in [0, 0.05) is 5.88 Å². The molecule has 2 rings (SSSR count). The summed E-state index contributed by atoms with van der Waals surface area (Å²) in [5.41, 5.74) is 2.78. The van der Waals surface area contributed by atoms with Gasteiger partial charge in [0.05, 0.1) is 0 Å². The molecule has 1 saturated carbocycles. The molecule has 1 fully saturated rings. The van der Waals surface area contributed by atoms with Crippen molar-refractivity contribution in [1.82, 2.24) is 0 Å². The van der Waals surface area contributed by atoms with Gasteiger partial charge in [-0.05, 0) is 37.2 Å². The Morgan fingerprint density at radius 3 is 2.41 bits per heavy atom. The highest BCUT2D eigenvalue weighted by molar-refractivity contribution is 6.18. The van der Waals surface area contributed by atoms with Crippen LogP contribution < -0.4 is 0 Å². The van der Waals surface area contributed by atoms with Gasteiger partial charge in [-0.1, -0.05) is 55.5 Å². The zero-order valence-corrected chi connectivity index (χ0v) is 11.5. The monoisotopic (exact) mass is 250 g/mol. The first-order valence-electron chi connectivity index (χ1n) is 6.89. The predicted molar refractivity (Wildman–Crippen MR) is 75.7 cm³/mol. The number of hydrogen-bond acceptors (Lipinski definition) is 0. The van der Waals surface area contributed by atoms with E-state index in [-0.39, 0.29) is 0 Å². The van der Waals surface area contributed by atoms with E-state index in [0.717, 1.165) is 18.2 Å². The maximum atomic E-state index is 6.13. The van der Waals surface area contributed by atoms with Gasteiger partial charge in [0.1, 0.15) is 0 Å². The summed E-state index contributed by atoms with van der Waals surface area (Å²) in [5.74, 6) is 2.43. The van der Waals surface area contributed by atoms with E-state index in [1.807, 2.05) is 0 Å². The van der Waals surface area contributed by atoms with Crippen molar-refractivity contribution in [2.24, 2.45) is 11.8 Å². The van der Waals surface area contributed by atoms with Crippen LogP contribution in [-0.2, 0) is 6.42 Å². The summed E-state index contributed by atoms with van der Waals surface area (Å²) >= 11 is 6.13. The molecule has 1 unspecified atom stereocenters. The molecule has 1 heteroatoms. The van der Waals surface area contributed by atoms with Crippen LogP contribution in [0.2, 0.25) is 0 Å². The van der Waals surface area contributed by atoms with Gasteiger partial charge in [0.25, 0.3) is 0 Å². The zero-order valence-electron chi connectivity index (χ0n) is 10.8. The third kappa shape index (κ3) is 4.03. The molecule has 0 N–H and O–H groups in total. The maximum absolute atomic E-state index is 6.13. The third-order valence-electron chi connectivity index (χ3n) is 4.00. The number of hydrogen-bond donors (Lipinski definition) is 0. The fourth-order valence-electron chi connectivity index (χ4n) is 2.98. The quantitative estimate of drug-likeness (QED) is 0.647. The summed E-state index contributed by atoms with van der Waals surface area (Å²) in [6, 6.07) is 8.92. The number of benzene rings is 1. The van der Waals surface area contributed by atoms with Gasteiger partial charge in [0.15, 0.2) is 0 Å². The Kier molecular flexibility index (Phi) is 4.91. The van der Waals surface area contributed by atoms with E-state index in [2.05, 4.69) is 31.2 Å². The van der Waals surface area contributed by atoms with E-state index in [1.165, 1.54) is 43.2 Å². The summed E-state index contributed by atoms with van der Waals surface area (Å²) < 4.78 is 0. The standard InChI is InChI=1S/C16H23Cl/c1-13-6-8-15(9-7-13)11-16(12-17)10-14-4-2-3-5-14/h6-9,14,16H,2-5,10-12H2,1H3. The van der Waals surface area contributed by atoms with E-state index in [4.69, 9.17) is 11.6 Å². The highest BCUT2D eigenvalue weighted by Gasteiger charge is 2.19. The van der Waals surface area contributed by atoms with Crippen molar-refractivity contribution in [3.05, 3.63) is 35.4 Å². The molecule has 0 nitrogen and oxygen atoms in total. The van der Waals surface area contributed by atoms with Gasteiger partial charge in [-0.25, -0.2) is 0 Å². The van der Waals surface area contributed by atoms with Crippen molar-refractivity contribution in [3.63, 3.8) is 0 Å². The number of aryl methyl sites for hydroxylation is 1. The first-order valence-corrected chi connectivity index (χ1v) is 7.43. The first-order chi connectivity index (χ1) is 8.28. The number of rotatable bonds is 5. The SMILES string of the molecule is Cc1ccc(CC(CCl)CC2CCCC2)cc1. The lowest BCUT2D eigenvalue weighted by Gasteiger charge is -2.18. The fourth-order valence-corrected chi connectivity index (χ4v) is 3.21. The Balaban J connectivity index is 1.87. The summed E-state index contributed by atoms with van der Waals surface area (Å²) in [5, 5.41) is 0. The molecule has 17 heavy (non-hydrogen) atoms. The Morgan fingerprint density at radius 1 is 1.18 bits per heavy atom. The Morgan fingerprint density at radius 2 is 1.82 bits per heavy atom. The van der Waals surface area contributed by atoms with E-state index >= 15 is 0 Å². The van der Waals surface area contributed by atoms with Crippen LogP contribution in [0.4, 0.5) is 0 Å². The second kappa shape index (κ2) is 6.44. The van der Waals surface area contributed by atoms with Crippen LogP contribution in [0.3, 0.4) is 0 Å². The topological polar surface area (TPSA) is 0 Å². The second-order valence-electron chi connectivity index (χ2n) is 5.60. The van der Waals surface area contributed by atoms with E-state index in [9.17, 15) is 0 Å². The molecular weight excluding hydrogens is 228 g/mol. The van der Waals surface area contributed by atoms with Crippen LogP contribution >= 0.6 is 11.6 Å². The minimum Gasteiger partial charge on any atom is -0.126 e. The molecule has 94 valence electrons. The first kappa shape index (κ1) is 13.0. The van der Waals surface area contributed by atoms with Crippen molar-refractivity contribution in [3.8, 4) is 0 Å². The van der Waals surface area contributed by atoms with Crippen molar-refractivity contribution in [2.75, 3.05) is 5.88 Å². The highest BCUT2D eigenvalue weighted by atomic mass is 35.5. The van der Waals surface area contributed by atoms with E-state index in [1.54, 1.807) is 0 Å². The molecule has 1 aromatic carbocycles. The molecule has 0 aliphatic heterocycles. The molecule has 1 aliphatic rings. The molecule has 0 spiro atoms. The van der Waals surface area contributed by atoms with Crippen LogP contribution in [0.1, 0.15) is 43.2 Å². The summed E-state index contributed by atoms with van der Waals surface area (Å²) in [4.78, 5) is 0. The Labute approximate surface area is 110 Å². The van der Waals surface area contributed by atoms with Crippen LogP contribution in [-0.4, -0.2) is 5.88 Å². The van der Waals surface area contributed by atoms with Gasteiger partial charge in [-0.3, -0.25) is 0 Å². The van der Waals surface area contributed by atoms with Crippen LogP contribution in [0.25, 0.3) is 0 Å². The van der Waals surface area contributed by atoms with Crippen LogP contribution in [0.5, 0.6) is 0 Å². The average Bonchev–Trinajstić information content (AvgIpc) is 2.84. The molecule has 1 aromatic rings. The van der Waals surface area contributed by atoms with Gasteiger partial charge in [-0.15, -0.1) is 11.6 Å². The largest absolute Gasteiger partial charge is 0.126 e. The van der Waals surface area contributed by atoms with Gasteiger partial charge >= 0.3 is 0 Å². The number of alkyl halides is 1. The van der Waals surface area contributed by atoms with Crippen molar-refractivity contribution >= 4 is 11.6 Å². The van der Waals surface area contributed by atoms with Crippen molar-refractivity contribution in [2.45, 2.75) is 45.4 Å². The van der Waals surface area contributed by atoms with E-state index in [0.29, 0.717) is 5.92 Å².